The second-order valence-electron chi connectivity index (χ2n) is 7.17. The van der Waals surface area contributed by atoms with E-state index in [0.29, 0.717) is 11.3 Å². The Balaban J connectivity index is 1.83. The lowest BCUT2D eigenvalue weighted by atomic mass is 10.1. The van der Waals surface area contributed by atoms with E-state index in [-0.39, 0.29) is 28.5 Å². The molecule has 34 heavy (non-hydrogen) atoms. The number of aliphatic hydroxyl groups excluding tert-OH is 1. The highest BCUT2D eigenvalue weighted by Gasteiger charge is 2.26. The maximum Gasteiger partial charge on any atom is 0.326 e. The van der Waals surface area contributed by atoms with E-state index in [9.17, 15) is 18.3 Å². The summed E-state index contributed by atoms with van der Waals surface area (Å²) in [6.07, 6.45) is 0.0465. The molecule has 0 saturated carbocycles. The number of sulfonamides is 1. The number of aromatic nitrogens is 3. The first-order valence-electron chi connectivity index (χ1n) is 9.89. The number of halogens is 1. The van der Waals surface area contributed by atoms with Crippen LogP contribution in [0.1, 0.15) is 11.1 Å². The number of rotatable bonds is 10. The van der Waals surface area contributed by atoms with E-state index in [0.717, 1.165) is 9.87 Å². The van der Waals surface area contributed by atoms with Crippen LogP contribution in [0.25, 0.3) is 0 Å². The van der Waals surface area contributed by atoms with Crippen molar-refractivity contribution in [2.45, 2.75) is 24.3 Å². The third kappa shape index (κ3) is 6.10. The lowest BCUT2D eigenvalue weighted by Crippen LogP contribution is -2.33. The van der Waals surface area contributed by atoms with Gasteiger partial charge in [-0.05, 0) is 48.4 Å². The lowest BCUT2D eigenvalue weighted by Gasteiger charge is -2.19. The van der Waals surface area contributed by atoms with Crippen molar-refractivity contribution < 1.29 is 28.2 Å². The summed E-state index contributed by atoms with van der Waals surface area (Å²) in [5.74, 6) is -1.24. The minimum Gasteiger partial charge on any atom is -0.480 e. The van der Waals surface area contributed by atoms with Crippen LogP contribution in [0, 0.1) is 6.92 Å². The van der Waals surface area contributed by atoms with Gasteiger partial charge < -0.3 is 20.3 Å². The molecular weight excluding hydrogens is 486 g/mol. The molecule has 1 atom stereocenters. The number of carboxylic acids is 1. The maximum atomic E-state index is 13.0. The Bertz CT molecular complexity index is 1260. The molecule has 1 aromatic heterocycles. The molecule has 11 nitrogen and oxygen atoms in total. The third-order valence-electron chi connectivity index (χ3n) is 4.75. The summed E-state index contributed by atoms with van der Waals surface area (Å²) in [4.78, 5) is 23.7. The quantitative estimate of drug-likeness (QED) is 0.347. The van der Waals surface area contributed by atoms with Crippen molar-refractivity contribution in [3.8, 4) is 5.75 Å². The molecule has 3 N–H and O–H groups in total. The molecule has 3 aromatic rings. The smallest absolute Gasteiger partial charge is 0.326 e. The summed E-state index contributed by atoms with van der Waals surface area (Å²) in [6, 6.07) is 11.6. The van der Waals surface area contributed by atoms with Gasteiger partial charge in [0, 0.05) is 13.5 Å². The van der Waals surface area contributed by atoms with Crippen LogP contribution in [0.15, 0.2) is 53.4 Å². The van der Waals surface area contributed by atoms with Crippen molar-refractivity contribution in [1.29, 1.82) is 0 Å². The zero-order chi connectivity index (χ0) is 24.9. The molecule has 13 heteroatoms. The first-order valence-corrected chi connectivity index (χ1v) is 11.7. The molecule has 0 radical (unpaired) electrons. The average molecular weight is 508 g/mol. The van der Waals surface area contributed by atoms with E-state index in [1.807, 2.05) is 6.92 Å². The van der Waals surface area contributed by atoms with Crippen LogP contribution in [-0.4, -0.2) is 59.4 Å². The van der Waals surface area contributed by atoms with Crippen LogP contribution < -0.4 is 14.4 Å². The van der Waals surface area contributed by atoms with Gasteiger partial charge >= 0.3 is 5.97 Å². The molecule has 0 aliphatic carbocycles. The summed E-state index contributed by atoms with van der Waals surface area (Å²) < 4.78 is 31.7. The summed E-state index contributed by atoms with van der Waals surface area (Å²) in [6.45, 7) is 1.36. The van der Waals surface area contributed by atoms with Gasteiger partial charge in [0.15, 0.2) is 6.79 Å². The van der Waals surface area contributed by atoms with Crippen LogP contribution in [0.2, 0.25) is 5.28 Å². The molecule has 0 bridgehead atoms. The van der Waals surface area contributed by atoms with Gasteiger partial charge in [-0.3, -0.25) is 0 Å². The van der Waals surface area contributed by atoms with Crippen molar-refractivity contribution in [3.05, 3.63) is 64.9 Å². The number of benzene rings is 2. The number of aliphatic hydroxyl groups is 1. The van der Waals surface area contributed by atoms with Gasteiger partial charge in [0.2, 0.25) is 17.2 Å². The molecule has 0 amide bonds. The summed E-state index contributed by atoms with van der Waals surface area (Å²) in [5, 5.41) is 20.8. The molecule has 0 spiro atoms. The van der Waals surface area contributed by atoms with Crippen LogP contribution in [0.3, 0.4) is 0 Å². The molecule has 1 unspecified atom stereocenters. The van der Waals surface area contributed by atoms with E-state index >= 15 is 0 Å². The minimum absolute atomic E-state index is 0.0312. The highest BCUT2D eigenvalue weighted by molar-refractivity contribution is 7.92. The average Bonchev–Trinajstić information content (AvgIpc) is 2.79. The van der Waals surface area contributed by atoms with Crippen LogP contribution in [0.4, 0.5) is 11.9 Å². The molecule has 0 saturated heterocycles. The number of hydrogen-bond acceptors (Lipinski definition) is 9. The van der Waals surface area contributed by atoms with E-state index in [2.05, 4.69) is 20.3 Å². The standard InChI is InChI=1S/C21H22ClN5O6S/c1-13-3-9-16(10-4-13)34(31,32)27(2)21-25-19(22)24-20(26-21)23-17(18(29)30)11-14-5-7-15(8-6-14)33-12-28/h3-10,17,28H,11-12H2,1-2H3,(H,29,30)(H,23,24,25,26). The number of nitrogens with one attached hydrogen (secondary N) is 1. The van der Waals surface area contributed by atoms with Crippen LogP contribution in [-0.2, 0) is 21.2 Å². The Labute approximate surface area is 201 Å². The van der Waals surface area contributed by atoms with E-state index in [1.165, 1.54) is 19.2 Å². The lowest BCUT2D eigenvalue weighted by molar-refractivity contribution is -0.137. The van der Waals surface area contributed by atoms with Crippen LogP contribution in [0.5, 0.6) is 5.75 Å². The highest BCUT2D eigenvalue weighted by Crippen LogP contribution is 2.22. The monoisotopic (exact) mass is 507 g/mol. The van der Waals surface area contributed by atoms with Crippen molar-refractivity contribution in [2.75, 3.05) is 23.5 Å². The molecule has 3 rings (SSSR count). The first-order chi connectivity index (χ1) is 16.1. The van der Waals surface area contributed by atoms with E-state index in [1.54, 1.807) is 36.4 Å². The van der Waals surface area contributed by atoms with Crippen molar-refractivity contribution in [2.24, 2.45) is 0 Å². The number of aliphatic carboxylic acids is 1. The summed E-state index contributed by atoms with van der Waals surface area (Å²) >= 11 is 5.98. The first kappa shape index (κ1) is 25.1. The Hall–Kier alpha value is -3.48. The number of aryl methyl sites for hydroxylation is 1. The third-order valence-corrected chi connectivity index (χ3v) is 6.67. The Morgan fingerprint density at radius 1 is 1.12 bits per heavy atom. The minimum atomic E-state index is -4.00. The SMILES string of the molecule is Cc1ccc(S(=O)(=O)N(C)c2nc(Cl)nc(NC(Cc3ccc(OCO)cc3)C(=O)O)n2)cc1. The maximum absolute atomic E-state index is 13.0. The highest BCUT2D eigenvalue weighted by atomic mass is 35.5. The topological polar surface area (TPSA) is 155 Å². The predicted molar refractivity (Wildman–Crippen MR) is 125 cm³/mol. The van der Waals surface area contributed by atoms with Gasteiger partial charge in [-0.1, -0.05) is 29.8 Å². The number of carboxylic acid groups (broad SMARTS) is 1. The molecule has 180 valence electrons. The Morgan fingerprint density at radius 3 is 2.35 bits per heavy atom. The van der Waals surface area contributed by atoms with Crippen molar-refractivity contribution in [1.82, 2.24) is 15.0 Å². The number of hydrogen-bond donors (Lipinski definition) is 3. The van der Waals surface area contributed by atoms with E-state index in [4.69, 9.17) is 21.4 Å². The molecule has 0 aliphatic heterocycles. The Morgan fingerprint density at radius 2 is 1.76 bits per heavy atom. The van der Waals surface area contributed by atoms with Crippen molar-refractivity contribution >= 4 is 39.5 Å². The van der Waals surface area contributed by atoms with E-state index < -0.39 is 28.8 Å². The summed E-state index contributed by atoms with van der Waals surface area (Å²) in [5.41, 5.74) is 1.55. The van der Waals surface area contributed by atoms with Gasteiger partial charge in [-0.15, -0.1) is 0 Å². The fourth-order valence-electron chi connectivity index (χ4n) is 2.91. The molecule has 2 aromatic carbocycles. The normalized spacial score (nSPS) is 12.1. The van der Waals surface area contributed by atoms with Crippen LogP contribution >= 0.6 is 11.6 Å². The largest absolute Gasteiger partial charge is 0.480 e. The number of anilines is 2. The predicted octanol–water partition coefficient (Wildman–Crippen LogP) is 2.09. The fraction of sp³-hybridized carbons (Fsp3) is 0.238. The van der Waals surface area contributed by atoms with Gasteiger partial charge in [0.25, 0.3) is 10.0 Å². The van der Waals surface area contributed by atoms with Gasteiger partial charge in [0.05, 0.1) is 4.90 Å². The number of carbonyl (C=O) groups is 1. The van der Waals surface area contributed by atoms with Crippen molar-refractivity contribution in [3.63, 3.8) is 0 Å². The molecule has 0 aliphatic rings. The molecule has 1 heterocycles. The van der Waals surface area contributed by atoms with Gasteiger partial charge in [0.1, 0.15) is 11.8 Å². The summed E-state index contributed by atoms with van der Waals surface area (Å²) in [7, 11) is -2.74. The molecule has 0 fully saturated rings. The number of nitrogens with zero attached hydrogens (tertiary/aromatic N) is 4. The Kier molecular flexibility index (Phi) is 7.87. The second-order valence-corrected chi connectivity index (χ2v) is 9.48. The zero-order valence-electron chi connectivity index (χ0n) is 18.2. The van der Waals surface area contributed by atoms with Gasteiger partial charge in [-0.2, -0.15) is 15.0 Å². The van der Waals surface area contributed by atoms with Gasteiger partial charge in [-0.25, -0.2) is 17.5 Å². The second kappa shape index (κ2) is 10.6. The molecular formula is C21H22ClN5O6S. The zero-order valence-corrected chi connectivity index (χ0v) is 19.8. The number of ether oxygens (including phenoxy) is 1. The fourth-order valence-corrected chi connectivity index (χ4v) is 4.16.